The summed E-state index contributed by atoms with van der Waals surface area (Å²) in [4.78, 5) is 26.1. The van der Waals surface area contributed by atoms with Crippen LogP contribution in [0.2, 0.25) is 0 Å². The summed E-state index contributed by atoms with van der Waals surface area (Å²) < 4.78 is 5.75. The molecule has 110 valence electrons. The van der Waals surface area contributed by atoms with Gasteiger partial charge in [0.05, 0.1) is 11.4 Å². The third-order valence-electron chi connectivity index (χ3n) is 3.96. The molecule has 2 aliphatic rings. The van der Waals surface area contributed by atoms with Crippen LogP contribution in [0.4, 0.5) is 11.4 Å². The smallest absolute Gasteiger partial charge is 0.268 e. The van der Waals surface area contributed by atoms with Crippen LogP contribution in [0.25, 0.3) is 0 Å². The molecule has 2 amide bonds. The van der Waals surface area contributed by atoms with E-state index >= 15 is 0 Å². The highest BCUT2D eigenvalue weighted by Gasteiger charge is 2.36. The second kappa shape index (κ2) is 4.87. The van der Waals surface area contributed by atoms with E-state index in [1.54, 1.807) is 6.07 Å². The molecule has 0 spiro atoms. The van der Waals surface area contributed by atoms with Crippen LogP contribution in [0.3, 0.4) is 0 Å². The van der Waals surface area contributed by atoms with Gasteiger partial charge in [0.1, 0.15) is 12.3 Å². The minimum Gasteiger partial charge on any atom is -0.480 e. The Hall–Kier alpha value is -2.82. The van der Waals surface area contributed by atoms with E-state index in [2.05, 4.69) is 5.32 Å². The molecule has 2 aromatic carbocycles. The van der Waals surface area contributed by atoms with E-state index in [0.717, 1.165) is 11.3 Å². The molecule has 2 aliphatic heterocycles. The van der Waals surface area contributed by atoms with Crippen molar-refractivity contribution in [2.45, 2.75) is 12.5 Å². The Bertz CT molecular complexity index is 747. The fourth-order valence-corrected chi connectivity index (χ4v) is 2.92. The molecule has 1 N–H and O–H groups in total. The van der Waals surface area contributed by atoms with Gasteiger partial charge in [0, 0.05) is 6.42 Å². The molecule has 0 aliphatic carbocycles. The minimum absolute atomic E-state index is 0.0199. The van der Waals surface area contributed by atoms with Gasteiger partial charge in [-0.1, -0.05) is 30.3 Å². The summed E-state index contributed by atoms with van der Waals surface area (Å²) in [5.74, 6) is 0.372. The van der Waals surface area contributed by atoms with E-state index < -0.39 is 6.10 Å². The van der Waals surface area contributed by atoms with Gasteiger partial charge in [-0.05, 0) is 23.8 Å². The average molecular weight is 294 g/mol. The highest BCUT2D eigenvalue weighted by Crippen LogP contribution is 2.33. The van der Waals surface area contributed by atoms with Crippen LogP contribution in [-0.4, -0.2) is 24.5 Å². The number of nitrogens with zero attached hydrogens (tertiary/aromatic N) is 1. The molecule has 22 heavy (non-hydrogen) atoms. The molecule has 2 heterocycles. The van der Waals surface area contributed by atoms with Crippen LogP contribution in [0, 0.1) is 0 Å². The summed E-state index contributed by atoms with van der Waals surface area (Å²) >= 11 is 0. The Balaban J connectivity index is 1.63. The molecule has 0 aromatic heterocycles. The lowest BCUT2D eigenvalue weighted by Gasteiger charge is -2.30. The van der Waals surface area contributed by atoms with Gasteiger partial charge >= 0.3 is 0 Å². The predicted molar refractivity (Wildman–Crippen MR) is 82.0 cm³/mol. The maximum Gasteiger partial charge on any atom is 0.268 e. The van der Waals surface area contributed by atoms with Crippen molar-refractivity contribution in [1.82, 2.24) is 0 Å². The van der Waals surface area contributed by atoms with Crippen LogP contribution < -0.4 is 15.0 Å². The Morgan fingerprint density at radius 3 is 2.77 bits per heavy atom. The van der Waals surface area contributed by atoms with E-state index in [9.17, 15) is 9.59 Å². The van der Waals surface area contributed by atoms with Crippen LogP contribution in [0.1, 0.15) is 5.56 Å². The summed E-state index contributed by atoms with van der Waals surface area (Å²) in [6, 6.07) is 14.9. The number of carbonyl (C=O) groups excluding carboxylic acids is 2. The van der Waals surface area contributed by atoms with Gasteiger partial charge < -0.3 is 10.1 Å². The van der Waals surface area contributed by atoms with E-state index in [4.69, 9.17) is 4.74 Å². The molecule has 2 aromatic rings. The van der Waals surface area contributed by atoms with E-state index in [0.29, 0.717) is 17.8 Å². The Morgan fingerprint density at radius 2 is 1.91 bits per heavy atom. The number of benzene rings is 2. The fraction of sp³-hybridized carbons (Fsp3) is 0.176. The SMILES string of the molecule is O=C1CN(C(=O)C2Cc3ccccc3O2)c2ccccc2N1. The lowest BCUT2D eigenvalue weighted by atomic mass is 10.1. The molecule has 1 atom stereocenters. The molecule has 0 fully saturated rings. The second-order valence-corrected chi connectivity index (χ2v) is 5.41. The van der Waals surface area contributed by atoms with Crippen molar-refractivity contribution in [3.05, 3.63) is 54.1 Å². The second-order valence-electron chi connectivity index (χ2n) is 5.41. The number of amides is 2. The predicted octanol–water partition coefficient (Wildman–Crippen LogP) is 1.98. The summed E-state index contributed by atoms with van der Waals surface area (Å²) in [6.45, 7) is 0.0199. The average Bonchev–Trinajstić information content (AvgIpc) is 2.97. The molecule has 0 radical (unpaired) electrons. The third kappa shape index (κ3) is 2.02. The zero-order chi connectivity index (χ0) is 15.1. The summed E-state index contributed by atoms with van der Waals surface area (Å²) in [7, 11) is 0. The Labute approximate surface area is 127 Å². The molecule has 1 unspecified atom stereocenters. The highest BCUT2D eigenvalue weighted by atomic mass is 16.5. The zero-order valence-electron chi connectivity index (χ0n) is 11.8. The Morgan fingerprint density at radius 1 is 1.14 bits per heavy atom. The van der Waals surface area contributed by atoms with Gasteiger partial charge in [-0.15, -0.1) is 0 Å². The minimum atomic E-state index is -0.573. The van der Waals surface area contributed by atoms with Gasteiger partial charge in [0.15, 0.2) is 6.10 Å². The quantitative estimate of drug-likeness (QED) is 0.875. The number of ether oxygens (including phenoxy) is 1. The van der Waals surface area contributed by atoms with Gasteiger partial charge in [-0.25, -0.2) is 0 Å². The van der Waals surface area contributed by atoms with E-state index in [1.807, 2.05) is 42.5 Å². The zero-order valence-corrected chi connectivity index (χ0v) is 11.8. The number of carbonyl (C=O) groups is 2. The molecular formula is C17H14N2O3. The number of nitrogens with one attached hydrogen (secondary N) is 1. The van der Waals surface area contributed by atoms with Gasteiger partial charge in [0.2, 0.25) is 5.91 Å². The van der Waals surface area contributed by atoms with Crippen molar-refractivity contribution in [3.8, 4) is 5.75 Å². The van der Waals surface area contributed by atoms with Crippen LogP contribution >= 0.6 is 0 Å². The van der Waals surface area contributed by atoms with Crippen molar-refractivity contribution >= 4 is 23.2 Å². The first-order chi connectivity index (χ1) is 10.7. The van der Waals surface area contributed by atoms with E-state index in [1.165, 1.54) is 4.90 Å². The maximum absolute atomic E-state index is 12.8. The fourth-order valence-electron chi connectivity index (χ4n) is 2.92. The van der Waals surface area contributed by atoms with Gasteiger partial charge in [0.25, 0.3) is 5.91 Å². The summed E-state index contributed by atoms with van der Waals surface area (Å²) in [6.07, 6.45) is -0.0358. The molecule has 0 saturated carbocycles. The van der Waals surface area contributed by atoms with E-state index in [-0.39, 0.29) is 18.4 Å². The number of hydrogen-bond acceptors (Lipinski definition) is 3. The first-order valence-corrected chi connectivity index (χ1v) is 7.17. The topological polar surface area (TPSA) is 58.6 Å². The first kappa shape index (κ1) is 12.9. The van der Waals surface area contributed by atoms with Gasteiger partial charge in [-0.2, -0.15) is 0 Å². The summed E-state index contributed by atoms with van der Waals surface area (Å²) in [5.41, 5.74) is 2.39. The van der Waals surface area contributed by atoms with Crippen LogP contribution in [0.15, 0.2) is 48.5 Å². The standard InChI is InChI=1S/C17H14N2O3/c20-16-10-19(13-7-3-2-6-12(13)18-16)17(21)15-9-11-5-1-4-8-14(11)22-15/h1-8,15H,9-10H2,(H,18,20). The number of fused-ring (bicyclic) bond motifs is 2. The molecule has 5 heteroatoms. The molecule has 0 saturated heterocycles. The number of hydrogen-bond donors (Lipinski definition) is 1. The monoisotopic (exact) mass is 294 g/mol. The van der Waals surface area contributed by atoms with Gasteiger partial charge in [-0.3, -0.25) is 14.5 Å². The lowest BCUT2D eigenvalue weighted by Crippen LogP contribution is -2.47. The number of para-hydroxylation sites is 3. The van der Waals surface area contributed by atoms with Crippen LogP contribution in [0.5, 0.6) is 5.75 Å². The van der Waals surface area contributed by atoms with Crippen LogP contribution in [-0.2, 0) is 16.0 Å². The van der Waals surface area contributed by atoms with Crippen molar-refractivity contribution in [3.63, 3.8) is 0 Å². The number of anilines is 2. The van der Waals surface area contributed by atoms with Crippen molar-refractivity contribution in [2.24, 2.45) is 0 Å². The summed E-state index contributed by atoms with van der Waals surface area (Å²) in [5, 5.41) is 2.78. The Kier molecular flexibility index (Phi) is 2.85. The first-order valence-electron chi connectivity index (χ1n) is 7.17. The molecule has 0 bridgehead atoms. The normalized spacial score (nSPS) is 19.0. The van der Waals surface area contributed by atoms with Crippen molar-refractivity contribution in [2.75, 3.05) is 16.8 Å². The molecule has 4 rings (SSSR count). The largest absolute Gasteiger partial charge is 0.480 e. The van der Waals surface area contributed by atoms with Crippen molar-refractivity contribution < 1.29 is 14.3 Å². The third-order valence-corrected chi connectivity index (χ3v) is 3.96. The number of rotatable bonds is 1. The molecule has 5 nitrogen and oxygen atoms in total. The maximum atomic E-state index is 12.8. The molecular weight excluding hydrogens is 280 g/mol. The van der Waals surface area contributed by atoms with Crippen molar-refractivity contribution in [1.29, 1.82) is 0 Å². The lowest BCUT2D eigenvalue weighted by molar-refractivity contribution is -0.126. The highest BCUT2D eigenvalue weighted by molar-refractivity contribution is 6.11.